The third kappa shape index (κ3) is 6.56. The molecule has 154 valence electrons. The molecular formula is C20H25ClN6OS. The average Bonchev–Trinajstić information content (AvgIpc) is 3.21. The van der Waals surface area contributed by atoms with Crippen LogP contribution in [0.15, 0.2) is 59.5 Å². The number of nitrogens with one attached hydrogen (secondary N) is 2. The Morgan fingerprint density at radius 1 is 1.03 bits per heavy atom. The summed E-state index contributed by atoms with van der Waals surface area (Å²) < 4.78 is 1.72. The Kier molecular flexibility index (Phi) is 9.63. The Balaban J connectivity index is 0.00000300. The van der Waals surface area contributed by atoms with Crippen LogP contribution in [0.4, 0.5) is 0 Å². The van der Waals surface area contributed by atoms with E-state index in [0.29, 0.717) is 17.9 Å². The first-order chi connectivity index (χ1) is 13.8. The average molecular weight is 433 g/mol. The second kappa shape index (κ2) is 12.2. The van der Waals surface area contributed by atoms with E-state index in [2.05, 4.69) is 33.1 Å². The zero-order chi connectivity index (χ0) is 19.6. The number of carbonyl (C=O) groups is 1. The number of rotatable bonds is 10. The highest BCUT2D eigenvalue weighted by Gasteiger charge is 2.13. The predicted molar refractivity (Wildman–Crippen MR) is 118 cm³/mol. The van der Waals surface area contributed by atoms with Gasteiger partial charge in [0.05, 0.1) is 17.0 Å². The summed E-state index contributed by atoms with van der Waals surface area (Å²) in [7, 11) is 0. The van der Waals surface area contributed by atoms with Crippen molar-refractivity contribution in [2.75, 3.05) is 19.6 Å². The first-order valence-corrected chi connectivity index (χ1v) is 10.3. The maximum absolute atomic E-state index is 12.6. The monoisotopic (exact) mass is 432 g/mol. The summed E-state index contributed by atoms with van der Waals surface area (Å²) in [6.45, 7) is 4.44. The Bertz CT molecular complexity index is 889. The zero-order valence-electron chi connectivity index (χ0n) is 16.2. The van der Waals surface area contributed by atoms with E-state index in [9.17, 15) is 4.79 Å². The van der Waals surface area contributed by atoms with Gasteiger partial charge in [0.1, 0.15) is 0 Å². The standard InChI is InChI=1S/C20H24N6OS.ClH/c1-2-12-21-13-14-22-20(27)17-10-6-7-11-18(17)28-15-19-23-24-25-26(19)16-8-4-3-5-9-16;/h3-11,21H,2,12-15H2,1H3,(H,22,27);1H. The van der Waals surface area contributed by atoms with Crippen molar-refractivity contribution >= 4 is 30.1 Å². The van der Waals surface area contributed by atoms with Crippen LogP contribution in [0, 0.1) is 0 Å². The Labute approximate surface area is 181 Å². The summed E-state index contributed by atoms with van der Waals surface area (Å²) in [5.74, 6) is 1.23. The van der Waals surface area contributed by atoms with Crippen LogP contribution < -0.4 is 10.6 Å². The molecule has 0 unspecified atom stereocenters. The van der Waals surface area contributed by atoms with Crippen molar-refractivity contribution in [3.05, 3.63) is 66.0 Å². The molecular weight excluding hydrogens is 408 g/mol. The number of tetrazole rings is 1. The van der Waals surface area contributed by atoms with Crippen LogP contribution in [-0.4, -0.2) is 45.7 Å². The smallest absolute Gasteiger partial charge is 0.252 e. The number of carbonyl (C=O) groups excluding carboxylic acids is 1. The predicted octanol–water partition coefficient (Wildman–Crippen LogP) is 3.11. The van der Waals surface area contributed by atoms with Crippen LogP contribution in [0.25, 0.3) is 5.69 Å². The van der Waals surface area contributed by atoms with Crippen molar-refractivity contribution in [1.29, 1.82) is 0 Å². The normalized spacial score (nSPS) is 10.4. The van der Waals surface area contributed by atoms with Crippen molar-refractivity contribution in [2.24, 2.45) is 0 Å². The van der Waals surface area contributed by atoms with E-state index in [-0.39, 0.29) is 18.3 Å². The third-order valence-electron chi connectivity index (χ3n) is 4.04. The second-order valence-electron chi connectivity index (χ2n) is 6.13. The first-order valence-electron chi connectivity index (χ1n) is 9.33. The molecule has 9 heteroatoms. The molecule has 7 nitrogen and oxygen atoms in total. The van der Waals surface area contributed by atoms with Crippen molar-refractivity contribution in [3.63, 3.8) is 0 Å². The highest BCUT2D eigenvalue weighted by molar-refractivity contribution is 7.98. The molecule has 0 bridgehead atoms. The van der Waals surface area contributed by atoms with E-state index in [1.165, 1.54) is 0 Å². The van der Waals surface area contributed by atoms with Gasteiger partial charge in [-0.25, -0.2) is 0 Å². The number of halogens is 1. The molecule has 3 rings (SSSR count). The van der Waals surface area contributed by atoms with E-state index in [0.717, 1.165) is 35.9 Å². The molecule has 1 heterocycles. The number of para-hydroxylation sites is 1. The SMILES string of the molecule is CCCNCCNC(=O)c1ccccc1SCc1nnnn1-c1ccccc1.Cl. The molecule has 0 radical (unpaired) electrons. The lowest BCUT2D eigenvalue weighted by Gasteiger charge is -2.10. The van der Waals surface area contributed by atoms with Crippen molar-refractivity contribution in [2.45, 2.75) is 24.0 Å². The van der Waals surface area contributed by atoms with Gasteiger partial charge in [0, 0.05) is 18.0 Å². The molecule has 0 aliphatic heterocycles. The summed E-state index contributed by atoms with van der Waals surface area (Å²) in [5.41, 5.74) is 1.58. The Morgan fingerprint density at radius 2 is 1.79 bits per heavy atom. The first kappa shape index (κ1) is 22.9. The van der Waals surface area contributed by atoms with E-state index < -0.39 is 0 Å². The van der Waals surface area contributed by atoms with Crippen molar-refractivity contribution in [3.8, 4) is 5.69 Å². The Morgan fingerprint density at radius 3 is 2.59 bits per heavy atom. The lowest BCUT2D eigenvalue weighted by Crippen LogP contribution is -2.32. The van der Waals surface area contributed by atoms with Gasteiger partial charge in [0.25, 0.3) is 5.91 Å². The van der Waals surface area contributed by atoms with E-state index >= 15 is 0 Å². The minimum atomic E-state index is -0.0657. The van der Waals surface area contributed by atoms with Crippen LogP contribution in [0.5, 0.6) is 0 Å². The highest BCUT2D eigenvalue weighted by atomic mass is 35.5. The lowest BCUT2D eigenvalue weighted by atomic mass is 10.2. The van der Waals surface area contributed by atoms with Crippen molar-refractivity contribution < 1.29 is 4.79 Å². The summed E-state index contributed by atoms with van der Waals surface area (Å²) in [5, 5.41) is 18.3. The fraction of sp³-hybridized carbons (Fsp3) is 0.300. The minimum absolute atomic E-state index is 0. The van der Waals surface area contributed by atoms with Crippen LogP contribution in [-0.2, 0) is 5.75 Å². The molecule has 0 aliphatic carbocycles. The molecule has 1 aromatic heterocycles. The van der Waals surface area contributed by atoms with Gasteiger partial charge in [-0.1, -0.05) is 37.3 Å². The van der Waals surface area contributed by atoms with Crippen LogP contribution in [0.1, 0.15) is 29.5 Å². The summed E-state index contributed by atoms with van der Waals surface area (Å²) in [6, 6.07) is 17.4. The summed E-state index contributed by atoms with van der Waals surface area (Å²) >= 11 is 1.55. The molecule has 0 saturated heterocycles. The molecule has 1 amide bonds. The molecule has 2 N–H and O–H groups in total. The maximum atomic E-state index is 12.6. The van der Waals surface area contributed by atoms with Crippen LogP contribution in [0.3, 0.4) is 0 Å². The molecule has 2 aromatic carbocycles. The number of hydrogen-bond donors (Lipinski definition) is 2. The van der Waals surface area contributed by atoms with E-state index in [4.69, 9.17) is 0 Å². The molecule has 0 aliphatic rings. The van der Waals surface area contributed by atoms with Gasteiger partial charge < -0.3 is 10.6 Å². The molecule has 0 saturated carbocycles. The third-order valence-corrected chi connectivity index (χ3v) is 5.11. The number of hydrogen-bond acceptors (Lipinski definition) is 6. The second-order valence-corrected chi connectivity index (χ2v) is 7.15. The zero-order valence-corrected chi connectivity index (χ0v) is 17.9. The molecule has 0 fully saturated rings. The van der Waals surface area contributed by atoms with Crippen LogP contribution in [0.2, 0.25) is 0 Å². The van der Waals surface area contributed by atoms with Gasteiger partial charge >= 0.3 is 0 Å². The summed E-state index contributed by atoms with van der Waals surface area (Å²) in [6.07, 6.45) is 1.08. The van der Waals surface area contributed by atoms with Crippen molar-refractivity contribution in [1.82, 2.24) is 30.8 Å². The molecule has 3 aromatic rings. The largest absolute Gasteiger partial charge is 0.351 e. The number of nitrogens with zero attached hydrogens (tertiary/aromatic N) is 4. The van der Waals surface area contributed by atoms with Gasteiger partial charge in [0.2, 0.25) is 0 Å². The number of amides is 1. The molecule has 0 atom stereocenters. The fourth-order valence-corrected chi connectivity index (χ4v) is 3.60. The molecule has 29 heavy (non-hydrogen) atoms. The quantitative estimate of drug-likeness (QED) is 0.378. The molecule has 0 spiro atoms. The number of benzene rings is 2. The fourth-order valence-electron chi connectivity index (χ4n) is 2.65. The summed E-state index contributed by atoms with van der Waals surface area (Å²) in [4.78, 5) is 13.5. The number of thioether (sulfide) groups is 1. The van der Waals surface area contributed by atoms with Gasteiger partial charge in [0.15, 0.2) is 5.82 Å². The number of aromatic nitrogens is 4. The Hall–Kier alpha value is -2.42. The van der Waals surface area contributed by atoms with Gasteiger partial charge in [-0.05, 0) is 47.7 Å². The highest BCUT2D eigenvalue weighted by Crippen LogP contribution is 2.26. The van der Waals surface area contributed by atoms with Gasteiger partial charge in [-0.2, -0.15) is 4.68 Å². The van der Waals surface area contributed by atoms with E-state index in [1.54, 1.807) is 16.4 Å². The maximum Gasteiger partial charge on any atom is 0.252 e. The van der Waals surface area contributed by atoms with Gasteiger partial charge in [-0.3, -0.25) is 4.79 Å². The minimum Gasteiger partial charge on any atom is -0.351 e. The van der Waals surface area contributed by atoms with Gasteiger partial charge in [-0.15, -0.1) is 29.3 Å². The lowest BCUT2D eigenvalue weighted by molar-refractivity contribution is 0.0951. The topological polar surface area (TPSA) is 84.7 Å². The van der Waals surface area contributed by atoms with E-state index in [1.807, 2.05) is 54.6 Å². The van der Waals surface area contributed by atoms with Crippen LogP contribution >= 0.6 is 24.2 Å².